The van der Waals surface area contributed by atoms with E-state index in [4.69, 9.17) is 4.74 Å². The van der Waals surface area contributed by atoms with Crippen molar-refractivity contribution in [1.82, 2.24) is 0 Å². The lowest BCUT2D eigenvalue weighted by Gasteiger charge is -2.40. The summed E-state index contributed by atoms with van der Waals surface area (Å²) in [4.78, 5) is 24.5. The number of rotatable bonds is 3. The Labute approximate surface area is 106 Å². The molecule has 96 valence electrons. The molecule has 5 nitrogen and oxygen atoms in total. The number of methoxy groups -OCH3 is 1. The predicted molar refractivity (Wildman–Crippen MR) is 68.5 cm³/mol. The Morgan fingerprint density at radius 3 is 2.78 bits per heavy atom. The standard InChI is InChI=1S/C13H16N2O3/c1-9(16)14-10-4-3-5-11(8-10)15-7-6-12(15)13(17)18-2/h3-5,8,12H,6-7H2,1-2H3,(H,14,16). The molecule has 1 unspecified atom stereocenters. The summed E-state index contributed by atoms with van der Waals surface area (Å²) in [7, 11) is 1.40. The van der Waals surface area contributed by atoms with Crippen LogP contribution in [-0.4, -0.2) is 31.6 Å². The van der Waals surface area contributed by atoms with Crippen LogP contribution in [0, 0.1) is 0 Å². The number of amides is 1. The van der Waals surface area contributed by atoms with E-state index < -0.39 is 0 Å². The third kappa shape index (κ3) is 2.45. The molecule has 5 heteroatoms. The van der Waals surface area contributed by atoms with Gasteiger partial charge in [0.15, 0.2) is 0 Å². The zero-order chi connectivity index (χ0) is 13.1. The summed E-state index contributed by atoms with van der Waals surface area (Å²) in [6, 6.07) is 7.24. The van der Waals surface area contributed by atoms with Gasteiger partial charge in [0.25, 0.3) is 0 Å². The second-order valence-corrected chi connectivity index (χ2v) is 4.25. The number of nitrogens with zero attached hydrogens (tertiary/aromatic N) is 1. The first-order valence-electron chi connectivity index (χ1n) is 5.84. The molecule has 1 amide bonds. The third-order valence-electron chi connectivity index (χ3n) is 2.99. The summed E-state index contributed by atoms with van der Waals surface area (Å²) in [6.45, 7) is 2.29. The first-order chi connectivity index (χ1) is 8.61. The second kappa shape index (κ2) is 5.08. The van der Waals surface area contributed by atoms with Gasteiger partial charge in [0, 0.05) is 24.8 Å². The number of hydrogen-bond donors (Lipinski definition) is 1. The molecule has 1 aromatic rings. The van der Waals surface area contributed by atoms with E-state index in [2.05, 4.69) is 5.32 Å². The Hall–Kier alpha value is -2.04. The van der Waals surface area contributed by atoms with E-state index in [-0.39, 0.29) is 17.9 Å². The van der Waals surface area contributed by atoms with Crippen molar-refractivity contribution in [2.45, 2.75) is 19.4 Å². The molecule has 0 spiro atoms. The van der Waals surface area contributed by atoms with E-state index in [1.54, 1.807) is 0 Å². The van der Waals surface area contributed by atoms with E-state index in [1.807, 2.05) is 29.2 Å². The molecule has 0 bridgehead atoms. The highest BCUT2D eigenvalue weighted by Gasteiger charge is 2.35. The zero-order valence-electron chi connectivity index (χ0n) is 10.5. The van der Waals surface area contributed by atoms with E-state index >= 15 is 0 Å². The van der Waals surface area contributed by atoms with Crippen LogP contribution in [0.3, 0.4) is 0 Å². The number of benzene rings is 1. The Balaban J connectivity index is 2.14. The molecule has 1 aliphatic rings. The first kappa shape index (κ1) is 12.4. The average Bonchev–Trinajstić information content (AvgIpc) is 2.27. The fourth-order valence-electron chi connectivity index (χ4n) is 2.04. The van der Waals surface area contributed by atoms with Gasteiger partial charge in [-0.05, 0) is 24.6 Å². The SMILES string of the molecule is COC(=O)C1CCN1c1cccc(NC(C)=O)c1. The molecule has 1 fully saturated rings. The summed E-state index contributed by atoms with van der Waals surface area (Å²) in [5.41, 5.74) is 1.65. The molecule has 1 aromatic carbocycles. The minimum absolute atomic E-state index is 0.111. The highest BCUT2D eigenvalue weighted by Crippen LogP contribution is 2.29. The van der Waals surface area contributed by atoms with Crippen molar-refractivity contribution in [3.05, 3.63) is 24.3 Å². The van der Waals surface area contributed by atoms with Gasteiger partial charge in [-0.1, -0.05) is 6.07 Å². The average molecular weight is 248 g/mol. The molecule has 1 heterocycles. The number of ether oxygens (including phenoxy) is 1. The second-order valence-electron chi connectivity index (χ2n) is 4.25. The van der Waals surface area contributed by atoms with Gasteiger partial charge in [0.05, 0.1) is 7.11 Å². The van der Waals surface area contributed by atoms with Gasteiger partial charge in [-0.2, -0.15) is 0 Å². The van der Waals surface area contributed by atoms with Crippen molar-refractivity contribution in [3.8, 4) is 0 Å². The lowest BCUT2D eigenvalue weighted by Crippen LogP contribution is -2.53. The Kier molecular flexibility index (Phi) is 3.50. The molecule has 2 rings (SSSR count). The predicted octanol–water partition coefficient (Wildman–Crippen LogP) is 1.40. The van der Waals surface area contributed by atoms with E-state index in [0.29, 0.717) is 0 Å². The van der Waals surface area contributed by atoms with Crippen molar-refractivity contribution in [2.75, 3.05) is 23.9 Å². The van der Waals surface area contributed by atoms with Gasteiger partial charge in [0.2, 0.25) is 5.91 Å². The summed E-state index contributed by atoms with van der Waals surface area (Å²) in [5.74, 6) is -0.327. The summed E-state index contributed by atoms with van der Waals surface area (Å²) in [5, 5.41) is 2.72. The van der Waals surface area contributed by atoms with E-state index in [0.717, 1.165) is 24.3 Å². The quantitative estimate of drug-likeness (QED) is 0.821. The van der Waals surface area contributed by atoms with Crippen LogP contribution >= 0.6 is 0 Å². The summed E-state index contributed by atoms with van der Waals surface area (Å²) < 4.78 is 4.75. The van der Waals surface area contributed by atoms with Crippen LogP contribution in [0.5, 0.6) is 0 Å². The van der Waals surface area contributed by atoms with E-state index in [1.165, 1.54) is 14.0 Å². The Morgan fingerprint density at radius 1 is 1.44 bits per heavy atom. The molecular weight excluding hydrogens is 232 g/mol. The van der Waals surface area contributed by atoms with Crippen LogP contribution in [0.25, 0.3) is 0 Å². The van der Waals surface area contributed by atoms with Crippen LogP contribution < -0.4 is 10.2 Å². The van der Waals surface area contributed by atoms with Gasteiger partial charge in [-0.3, -0.25) is 4.79 Å². The van der Waals surface area contributed by atoms with Crippen LogP contribution in [0.4, 0.5) is 11.4 Å². The van der Waals surface area contributed by atoms with Crippen molar-refractivity contribution in [1.29, 1.82) is 0 Å². The number of hydrogen-bond acceptors (Lipinski definition) is 4. The maximum absolute atomic E-state index is 11.5. The minimum atomic E-state index is -0.216. The number of nitrogens with one attached hydrogen (secondary N) is 1. The Bertz CT molecular complexity index is 473. The number of carbonyl (C=O) groups excluding carboxylic acids is 2. The van der Waals surface area contributed by atoms with Crippen LogP contribution in [-0.2, 0) is 14.3 Å². The van der Waals surface area contributed by atoms with Gasteiger partial charge in [-0.25, -0.2) is 4.79 Å². The maximum Gasteiger partial charge on any atom is 0.328 e. The first-order valence-corrected chi connectivity index (χ1v) is 5.84. The largest absolute Gasteiger partial charge is 0.467 e. The molecule has 1 atom stereocenters. The fourth-order valence-corrected chi connectivity index (χ4v) is 2.04. The zero-order valence-corrected chi connectivity index (χ0v) is 10.5. The molecule has 0 aromatic heterocycles. The number of carbonyl (C=O) groups is 2. The van der Waals surface area contributed by atoms with Crippen LogP contribution in [0.1, 0.15) is 13.3 Å². The molecule has 1 saturated heterocycles. The van der Waals surface area contributed by atoms with Crippen LogP contribution in [0.15, 0.2) is 24.3 Å². The lowest BCUT2D eigenvalue weighted by atomic mass is 10.0. The normalized spacial score (nSPS) is 17.9. The summed E-state index contributed by atoms with van der Waals surface area (Å²) in [6.07, 6.45) is 0.803. The lowest BCUT2D eigenvalue weighted by molar-refractivity contribution is -0.143. The Morgan fingerprint density at radius 2 is 2.22 bits per heavy atom. The molecule has 0 saturated carbocycles. The smallest absolute Gasteiger partial charge is 0.328 e. The maximum atomic E-state index is 11.5. The van der Waals surface area contributed by atoms with Crippen molar-refractivity contribution < 1.29 is 14.3 Å². The van der Waals surface area contributed by atoms with Gasteiger partial charge in [0.1, 0.15) is 6.04 Å². The molecular formula is C13H16N2O3. The fraction of sp³-hybridized carbons (Fsp3) is 0.385. The van der Waals surface area contributed by atoms with Crippen molar-refractivity contribution >= 4 is 23.3 Å². The van der Waals surface area contributed by atoms with Gasteiger partial charge >= 0.3 is 5.97 Å². The van der Waals surface area contributed by atoms with Crippen LogP contribution in [0.2, 0.25) is 0 Å². The third-order valence-corrected chi connectivity index (χ3v) is 2.99. The molecule has 18 heavy (non-hydrogen) atoms. The monoisotopic (exact) mass is 248 g/mol. The van der Waals surface area contributed by atoms with E-state index in [9.17, 15) is 9.59 Å². The summed E-state index contributed by atoms with van der Waals surface area (Å²) >= 11 is 0. The molecule has 0 radical (unpaired) electrons. The molecule has 1 aliphatic heterocycles. The van der Waals surface area contributed by atoms with Crippen molar-refractivity contribution in [2.24, 2.45) is 0 Å². The van der Waals surface area contributed by atoms with Crippen molar-refractivity contribution in [3.63, 3.8) is 0 Å². The number of esters is 1. The molecule has 1 N–H and O–H groups in total. The number of anilines is 2. The minimum Gasteiger partial charge on any atom is -0.467 e. The highest BCUT2D eigenvalue weighted by atomic mass is 16.5. The van der Waals surface area contributed by atoms with Gasteiger partial charge in [-0.15, -0.1) is 0 Å². The van der Waals surface area contributed by atoms with Gasteiger partial charge < -0.3 is 15.0 Å². The highest BCUT2D eigenvalue weighted by molar-refractivity contribution is 5.89. The topological polar surface area (TPSA) is 58.6 Å². The molecule has 0 aliphatic carbocycles.